The van der Waals surface area contributed by atoms with Crippen LogP contribution in [-0.4, -0.2) is 56.2 Å². The van der Waals surface area contributed by atoms with Crippen LogP contribution < -0.4 is 15.4 Å². The minimum Gasteiger partial charge on any atom is -0.491 e. The fourth-order valence-electron chi connectivity index (χ4n) is 4.27. The molecule has 180 valence electrons. The Morgan fingerprint density at radius 3 is 2.76 bits per heavy atom. The third-order valence-corrected chi connectivity index (χ3v) is 9.04. The average molecular weight is 497 g/mol. The second kappa shape index (κ2) is 9.99. The Morgan fingerprint density at radius 2 is 2.06 bits per heavy atom. The number of carbonyl (C=O) groups excluding carboxylic acids is 1. The Hall–Kier alpha value is -2.17. The van der Waals surface area contributed by atoms with Crippen molar-refractivity contribution in [2.75, 3.05) is 30.0 Å². The summed E-state index contributed by atoms with van der Waals surface area (Å²) in [5.74, 6) is 0.454. The summed E-state index contributed by atoms with van der Waals surface area (Å²) in [4.78, 5) is 14.3. The normalized spacial score (nSPS) is 22.4. The topological polar surface area (TPSA) is 105 Å². The number of aliphatic hydroxyl groups excluding tert-OH is 1. The standard InChI is InChI=1S/C23H29FN2O5S2/c1-14-2-7-19-20(10-14)32-23(21(19)22(28)26-16-8-9-33(29,30)13-16)25-11-17(27)12-31-18-5-3-15(24)4-6-18/h3-6,14,16-17,25,27H,2,7-13H2,1H3,(H,26,28). The number of nitrogens with one attached hydrogen (secondary N) is 2. The van der Waals surface area contributed by atoms with E-state index in [1.807, 2.05) is 0 Å². The van der Waals surface area contributed by atoms with Gasteiger partial charge in [0.05, 0.1) is 17.1 Å². The van der Waals surface area contributed by atoms with Crippen molar-refractivity contribution in [3.63, 3.8) is 0 Å². The molecule has 0 radical (unpaired) electrons. The number of sulfone groups is 1. The Labute approximate surface area is 197 Å². The average Bonchev–Trinajstić information content (AvgIpc) is 3.30. The van der Waals surface area contributed by atoms with Crippen LogP contribution in [0.1, 0.15) is 40.6 Å². The maximum atomic E-state index is 13.2. The second-order valence-corrected chi connectivity index (χ2v) is 12.3. The first-order valence-corrected chi connectivity index (χ1v) is 13.8. The molecule has 10 heteroatoms. The molecular weight excluding hydrogens is 467 g/mol. The van der Waals surface area contributed by atoms with Crippen LogP contribution in [0.2, 0.25) is 0 Å². The first kappa shape index (κ1) is 24.0. The molecular formula is C23H29FN2O5S2. The van der Waals surface area contributed by atoms with Crippen LogP contribution in [0.5, 0.6) is 5.75 Å². The number of halogens is 1. The van der Waals surface area contributed by atoms with Gasteiger partial charge < -0.3 is 20.5 Å². The molecule has 2 aromatic rings. The van der Waals surface area contributed by atoms with E-state index in [9.17, 15) is 22.7 Å². The Kier molecular flexibility index (Phi) is 7.25. The van der Waals surface area contributed by atoms with Crippen LogP contribution in [0.3, 0.4) is 0 Å². The van der Waals surface area contributed by atoms with Crippen molar-refractivity contribution in [2.24, 2.45) is 5.92 Å². The number of hydrogen-bond donors (Lipinski definition) is 3. The molecule has 1 aromatic heterocycles. The lowest BCUT2D eigenvalue weighted by Gasteiger charge is -2.19. The first-order valence-electron chi connectivity index (χ1n) is 11.2. The zero-order chi connectivity index (χ0) is 23.6. The van der Waals surface area contributed by atoms with Gasteiger partial charge in [0, 0.05) is 17.5 Å². The molecule has 1 saturated heterocycles. The zero-order valence-corrected chi connectivity index (χ0v) is 20.1. The van der Waals surface area contributed by atoms with Gasteiger partial charge in [-0.3, -0.25) is 4.79 Å². The minimum absolute atomic E-state index is 0.0161. The molecule has 1 aliphatic carbocycles. The van der Waals surface area contributed by atoms with Crippen molar-refractivity contribution >= 4 is 32.1 Å². The predicted octanol–water partition coefficient (Wildman–Crippen LogP) is 2.78. The molecule has 0 spiro atoms. The molecule has 3 N–H and O–H groups in total. The van der Waals surface area contributed by atoms with Crippen LogP contribution in [0.15, 0.2) is 24.3 Å². The summed E-state index contributed by atoms with van der Waals surface area (Å²) in [6.45, 7) is 2.38. The van der Waals surface area contributed by atoms with Gasteiger partial charge in [0.2, 0.25) is 0 Å². The third-order valence-electron chi connectivity index (χ3n) is 6.06. The molecule has 3 unspecified atom stereocenters. The molecule has 4 rings (SSSR count). The van der Waals surface area contributed by atoms with Gasteiger partial charge >= 0.3 is 0 Å². The molecule has 2 aliphatic rings. The molecule has 1 aromatic carbocycles. The van der Waals surface area contributed by atoms with Crippen molar-refractivity contribution in [1.29, 1.82) is 0 Å². The summed E-state index contributed by atoms with van der Waals surface area (Å²) in [6, 6.07) is 5.20. The van der Waals surface area contributed by atoms with Crippen molar-refractivity contribution in [3.05, 3.63) is 46.1 Å². The second-order valence-electron chi connectivity index (χ2n) is 8.93. The van der Waals surface area contributed by atoms with E-state index in [4.69, 9.17) is 4.74 Å². The number of anilines is 1. The highest BCUT2D eigenvalue weighted by atomic mass is 32.2. The summed E-state index contributed by atoms with van der Waals surface area (Å²) in [7, 11) is -3.09. The highest BCUT2D eigenvalue weighted by molar-refractivity contribution is 7.91. The van der Waals surface area contributed by atoms with E-state index >= 15 is 0 Å². The lowest BCUT2D eigenvalue weighted by atomic mass is 9.88. The van der Waals surface area contributed by atoms with Crippen molar-refractivity contribution in [2.45, 2.75) is 44.8 Å². The molecule has 0 saturated carbocycles. The summed E-state index contributed by atoms with van der Waals surface area (Å²) in [5, 5.41) is 17.2. The number of ether oxygens (including phenoxy) is 1. The lowest BCUT2D eigenvalue weighted by molar-refractivity contribution is 0.0940. The van der Waals surface area contributed by atoms with Gasteiger partial charge in [-0.1, -0.05) is 6.92 Å². The number of thiophene rings is 1. The maximum Gasteiger partial charge on any atom is 0.254 e. The van der Waals surface area contributed by atoms with Gasteiger partial charge in [-0.05, 0) is 61.4 Å². The number of carbonyl (C=O) groups is 1. The summed E-state index contributed by atoms with van der Waals surface area (Å²) >= 11 is 1.53. The van der Waals surface area contributed by atoms with Crippen LogP contribution in [0, 0.1) is 11.7 Å². The van der Waals surface area contributed by atoms with E-state index in [0.717, 1.165) is 29.7 Å². The number of hydrogen-bond acceptors (Lipinski definition) is 7. The van der Waals surface area contributed by atoms with Crippen LogP contribution in [0.25, 0.3) is 0 Å². The number of benzene rings is 1. The molecule has 2 heterocycles. The molecule has 33 heavy (non-hydrogen) atoms. The molecule has 1 fully saturated rings. The van der Waals surface area contributed by atoms with Gasteiger partial charge in [-0.15, -0.1) is 11.3 Å². The maximum absolute atomic E-state index is 13.2. The Morgan fingerprint density at radius 1 is 1.30 bits per heavy atom. The monoisotopic (exact) mass is 496 g/mol. The summed E-state index contributed by atoms with van der Waals surface area (Å²) < 4.78 is 42.1. The quantitative estimate of drug-likeness (QED) is 0.519. The van der Waals surface area contributed by atoms with Gasteiger partial charge in [0.1, 0.15) is 29.3 Å². The fourth-order valence-corrected chi connectivity index (χ4v) is 7.36. The van der Waals surface area contributed by atoms with Crippen LogP contribution in [-0.2, 0) is 22.7 Å². The van der Waals surface area contributed by atoms with Crippen LogP contribution in [0.4, 0.5) is 9.39 Å². The fraction of sp³-hybridized carbons (Fsp3) is 0.522. The van der Waals surface area contributed by atoms with E-state index in [2.05, 4.69) is 17.6 Å². The third kappa shape index (κ3) is 6.04. The highest BCUT2D eigenvalue weighted by Crippen LogP contribution is 2.39. The van der Waals surface area contributed by atoms with E-state index in [1.54, 1.807) is 0 Å². The summed E-state index contributed by atoms with van der Waals surface area (Å²) in [6.07, 6.45) is 2.28. The number of rotatable bonds is 8. The number of aliphatic hydroxyl groups is 1. The Bertz CT molecular complexity index is 1100. The van der Waals surface area contributed by atoms with Gasteiger partial charge in [-0.2, -0.15) is 0 Å². The lowest BCUT2D eigenvalue weighted by Crippen LogP contribution is -2.36. The zero-order valence-electron chi connectivity index (χ0n) is 18.5. The van der Waals surface area contributed by atoms with Gasteiger partial charge in [0.25, 0.3) is 5.91 Å². The largest absolute Gasteiger partial charge is 0.491 e. The summed E-state index contributed by atoms with van der Waals surface area (Å²) in [5.41, 5.74) is 1.59. The first-order chi connectivity index (χ1) is 15.7. The highest BCUT2D eigenvalue weighted by Gasteiger charge is 2.32. The smallest absolute Gasteiger partial charge is 0.254 e. The van der Waals surface area contributed by atoms with Gasteiger partial charge in [0.15, 0.2) is 9.84 Å². The van der Waals surface area contributed by atoms with Crippen molar-refractivity contribution in [3.8, 4) is 5.75 Å². The predicted molar refractivity (Wildman–Crippen MR) is 126 cm³/mol. The van der Waals surface area contributed by atoms with E-state index < -0.39 is 15.9 Å². The molecule has 1 aliphatic heterocycles. The molecule has 7 nitrogen and oxygen atoms in total. The van der Waals surface area contributed by atoms with Crippen LogP contribution >= 0.6 is 11.3 Å². The van der Waals surface area contributed by atoms with Crippen molar-refractivity contribution < 1.29 is 27.4 Å². The number of fused-ring (bicyclic) bond motifs is 1. The van der Waals surface area contributed by atoms with E-state index in [0.29, 0.717) is 28.7 Å². The van der Waals surface area contributed by atoms with E-state index in [1.165, 1.54) is 35.6 Å². The van der Waals surface area contributed by atoms with E-state index in [-0.39, 0.29) is 42.4 Å². The van der Waals surface area contributed by atoms with Gasteiger partial charge in [-0.25, -0.2) is 12.8 Å². The molecule has 1 amide bonds. The minimum atomic E-state index is -3.09. The Balaban J connectivity index is 1.43. The molecule has 0 bridgehead atoms. The SMILES string of the molecule is CC1CCc2c(sc(NCC(O)COc3ccc(F)cc3)c2C(=O)NC2CCS(=O)(=O)C2)C1. The van der Waals surface area contributed by atoms with Crippen molar-refractivity contribution in [1.82, 2.24) is 5.32 Å². The number of amides is 1. The molecule has 3 atom stereocenters.